The lowest BCUT2D eigenvalue weighted by Gasteiger charge is -2.39. The fraction of sp³-hybridized carbons (Fsp3) is 0.273. The molecule has 1 spiro atoms. The van der Waals surface area contributed by atoms with Crippen molar-refractivity contribution in [1.82, 2.24) is 14.6 Å². The number of piperidine rings is 1. The molecule has 1 aliphatic heterocycles. The molecule has 2 aromatic heterocycles. The molecule has 0 atom stereocenters. The smallest absolute Gasteiger partial charge is 0.276 e. The minimum absolute atomic E-state index is 0.146. The van der Waals surface area contributed by atoms with Gasteiger partial charge in [-0.05, 0) is 60.6 Å². The van der Waals surface area contributed by atoms with Crippen LogP contribution in [0.5, 0.6) is 0 Å². The van der Waals surface area contributed by atoms with Gasteiger partial charge in [-0.1, -0.05) is 36.4 Å². The minimum atomic E-state index is -0.266. The summed E-state index contributed by atoms with van der Waals surface area (Å²) in [5.74, 6) is 0.554. The summed E-state index contributed by atoms with van der Waals surface area (Å²) in [6.45, 7) is 3.72. The van der Waals surface area contributed by atoms with Crippen LogP contribution >= 0.6 is 11.5 Å². The number of fused-ring (bicyclic) bond motifs is 2. The Labute approximate surface area is 173 Å². The van der Waals surface area contributed by atoms with E-state index in [9.17, 15) is 4.79 Å². The molecule has 0 bridgehead atoms. The number of aromatic nitrogens is 3. The number of benzene rings is 1. The van der Waals surface area contributed by atoms with Gasteiger partial charge < -0.3 is 10.2 Å². The lowest BCUT2D eigenvalue weighted by atomic mass is 9.74. The number of hydrogen-bond donors (Lipinski definition) is 1. The predicted molar refractivity (Wildman–Crippen MR) is 115 cm³/mol. The lowest BCUT2D eigenvalue weighted by Crippen LogP contribution is -2.41. The Balaban J connectivity index is 1.25. The Kier molecular flexibility index (Phi) is 4.39. The molecule has 1 aromatic carbocycles. The van der Waals surface area contributed by atoms with Gasteiger partial charge in [0.25, 0.3) is 5.91 Å². The highest BCUT2D eigenvalue weighted by atomic mass is 32.1. The molecule has 29 heavy (non-hydrogen) atoms. The molecule has 1 aliphatic carbocycles. The number of amides is 1. The van der Waals surface area contributed by atoms with E-state index in [2.05, 4.69) is 61.2 Å². The molecule has 1 amide bonds. The van der Waals surface area contributed by atoms with Crippen molar-refractivity contribution in [3.8, 4) is 0 Å². The maximum Gasteiger partial charge on any atom is 0.276 e. The second kappa shape index (κ2) is 7.08. The largest absolute Gasteiger partial charge is 0.355 e. The van der Waals surface area contributed by atoms with Crippen LogP contribution in [0.1, 0.15) is 40.2 Å². The average molecular weight is 404 g/mol. The molecule has 3 aromatic rings. The number of carbonyl (C=O) groups excluding carboxylic acids is 1. The first kappa shape index (κ1) is 18.0. The Hall–Kier alpha value is -3.06. The van der Waals surface area contributed by atoms with Crippen LogP contribution in [0.3, 0.4) is 0 Å². The Morgan fingerprint density at radius 1 is 1.14 bits per heavy atom. The van der Waals surface area contributed by atoms with Crippen LogP contribution in [0.25, 0.3) is 6.08 Å². The van der Waals surface area contributed by atoms with Crippen molar-refractivity contribution in [1.29, 1.82) is 0 Å². The van der Waals surface area contributed by atoms with Crippen molar-refractivity contribution in [3.05, 3.63) is 71.1 Å². The van der Waals surface area contributed by atoms with Gasteiger partial charge in [-0.3, -0.25) is 4.79 Å². The summed E-state index contributed by atoms with van der Waals surface area (Å²) in [5, 5.41) is 12.0. The van der Waals surface area contributed by atoms with Gasteiger partial charge in [0, 0.05) is 18.5 Å². The maximum absolute atomic E-state index is 12.3. The number of nitrogens with one attached hydrogen (secondary N) is 1. The quantitative estimate of drug-likeness (QED) is 0.714. The fourth-order valence-electron chi connectivity index (χ4n) is 4.22. The monoisotopic (exact) mass is 403 g/mol. The molecule has 1 N–H and O–H groups in total. The highest BCUT2D eigenvalue weighted by molar-refractivity contribution is 7.10. The molecule has 2 aliphatic rings. The SMILES string of the molecule is Cc1cc(NC(=O)c2ccc(N3CCC4(C=Cc5ccccc54)CC3)nn2)sn1. The third-order valence-electron chi connectivity index (χ3n) is 5.81. The molecule has 3 heterocycles. The number of aryl methyl sites for hydroxylation is 1. The van der Waals surface area contributed by atoms with Crippen molar-refractivity contribution >= 4 is 34.3 Å². The zero-order chi connectivity index (χ0) is 19.8. The van der Waals surface area contributed by atoms with E-state index in [1.165, 1.54) is 22.7 Å². The van der Waals surface area contributed by atoms with Gasteiger partial charge in [0.1, 0.15) is 5.00 Å². The first-order chi connectivity index (χ1) is 14.1. The molecule has 0 unspecified atom stereocenters. The highest BCUT2D eigenvalue weighted by Crippen LogP contribution is 2.44. The molecule has 6 nitrogen and oxygen atoms in total. The zero-order valence-electron chi connectivity index (χ0n) is 16.1. The second-order valence-electron chi connectivity index (χ2n) is 7.63. The Bertz CT molecular complexity index is 1080. The molecular formula is C22H21N5OS. The van der Waals surface area contributed by atoms with E-state index in [1.54, 1.807) is 6.07 Å². The molecular weight excluding hydrogens is 382 g/mol. The lowest BCUT2D eigenvalue weighted by molar-refractivity contribution is 0.102. The summed E-state index contributed by atoms with van der Waals surface area (Å²) in [4.78, 5) is 14.6. The Morgan fingerprint density at radius 2 is 1.97 bits per heavy atom. The number of hydrogen-bond acceptors (Lipinski definition) is 6. The second-order valence-corrected chi connectivity index (χ2v) is 8.43. The van der Waals surface area contributed by atoms with Gasteiger partial charge >= 0.3 is 0 Å². The van der Waals surface area contributed by atoms with Crippen LogP contribution in [0.2, 0.25) is 0 Å². The third kappa shape index (κ3) is 3.31. The van der Waals surface area contributed by atoms with Gasteiger partial charge in [-0.2, -0.15) is 4.37 Å². The highest BCUT2D eigenvalue weighted by Gasteiger charge is 2.38. The third-order valence-corrected chi connectivity index (χ3v) is 6.60. The average Bonchev–Trinajstić information content (AvgIpc) is 3.33. The summed E-state index contributed by atoms with van der Waals surface area (Å²) < 4.78 is 4.16. The van der Waals surface area contributed by atoms with E-state index in [0.29, 0.717) is 10.7 Å². The standard InChI is InChI=1S/C22H21N5OS/c1-15-14-20(29-26-15)23-21(28)18-6-7-19(25-24-18)27-12-10-22(11-13-27)9-8-16-4-2-3-5-17(16)22/h2-9,14H,10-13H2,1H3,(H,23,28). The van der Waals surface area contributed by atoms with Gasteiger partial charge in [0.15, 0.2) is 11.5 Å². The van der Waals surface area contributed by atoms with Gasteiger partial charge in [0.05, 0.1) is 5.69 Å². The molecule has 1 fully saturated rings. The van der Waals surface area contributed by atoms with Crippen molar-refractivity contribution in [2.45, 2.75) is 25.2 Å². The molecule has 5 rings (SSSR count). The van der Waals surface area contributed by atoms with E-state index < -0.39 is 0 Å². The van der Waals surface area contributed by atoms with Crippen LogP contribution in [-0.4, -0.2) is 33.6 Å². The minimum Gasteiger partial charge on any atom is -0.355 e. The maximum atomic E-state index is 12.3. The van der Waals surface area contributed by atoms with E-state index in [-0.39, 0.29) is 11.3 Å². The number of anilines is 2. The molecule has 0 saturated carbocycles. The van der Waals surface area contributed by atoms with Crippen LogP contribution in [0, 0.1) is 6.92 Å². The van der Waals surface area contributed by atoms with Crippen LogP contribution in [0.4, 0.5) is 10.8 Å². The summed E-state index contributed by atoms with van der Waals surface area (Å²) in [5.41, 5.74) is 4.12. The number of rotatable bonds is 3. The van der Waals surface area contributed by atoms with Gasteiger partial charge in [-0.15, -0.1) is 10.2 Å². The predicted octanol–water partition coefficient (Wildman–Crippen LogP) is 4.06. The van der Waals surface area contributed by atoms with E-state index in [4.69, 9.17) is 0 Å². The van der Waals surface area contributed by atoms with Crippen LogP contribution in [0.15, 0.2) is 48.5 Å². The summed E-state index contributed by atoms with van der Waals surface area (Å²) in [6.07, 6.45) is 6.72. The number of allylic oxidation sites excluding steroid dienone is 1. The van der Waals surface area contributed by atoms with Crippen LogP contribution in [-0.2, 0) is 5.41 Å². The zero-order valence-corrected chi connectivity index (χ0v) is 16.9. The van der Waals surface area contributed by atoms with Crippen molar-refractivity contribution in [3.63, 3.8) is 0 Å². The number of nitrogens with zero attached hydrogens (tertiary/aromatic N) is 4. The normalized spacial score (nSPS) is 16.8. The fourth-order valence-corrected chi connectivity index (χ4v) is 4.88. The molecule has 1 saturated heterocycles. The van der Waals surface area contributed by atoms with Crippen LogP contribution < -0.4 is 10.2 Å². The van der Waals surface area contributed by atoms with Gasteiger partial charge in [0.2, 0.25) is 0 Å². The molecule has 7 heteroatoms. The summed E-state index contributed by atoms with van der Waals surface area (Å²) in [7, 11) is 0. The number of carbonyl (C=O) groups is 1. The molecule has 146 valence electrons. The topological polar surface area (TPSA) is 71.0 Å². The summed E-state index contributed by atoms with van der Waals surface area (Å²) in [6, 6.07) is 14.1. The van der Waals surface area contributed by atoms with E-state index in [1.807, 2.05) is 19.1 Å². The van der Waals surface area contributed by atoms with Crippen molar-refractivity contribution in [2.24, 2.45) is 0 Å². The van der Waals surface area contributed by atoms with E-state index in [0.717, 1.165) is 37.4 Å². The molecule has 0 radical (unpaired) electrons. The van der Waals surface area contributed by atoms with E-state index >= 15 is 0 Å². The first-order valence-electron chi connectivity index (χ1n) is 9.75. The van der Waals surface area contributed by atoms with Crippen molar-refractivity contribution in [2.75, 3.05) is 23.3 Å². The first-order valence-corrected chi connectivity index (χ1v) is 10.5. The van der Waals surface area contributed by atoms with Crippen molar-refractivity contribution < 1.29 is 4.79 Å². The van der Waals surface area contributed by atoms with Gasteiger partial charge in [-0.25, -0.2) is 0 Å². The summed E-state index contributed by atoms with van der Waals surface area (Å²) >= 11 is 1.26. The Morgan fingerprint density at radius 3 is 2.69 bits per heavy atom.